The van der Waals surface area contributed by atoms with Crippen LogP contribution in [0.15, 0.2) is 37.2 Å². The first kappa shape index (κ1) is 20.0. The summed E-state index contributed by atoms with van der Waals surface area (Å²) in [6.45, 7) is 5.71. The molecule has 0 unspecified atom stereocenters. The molecule has 0 saturated carbocycles. The van der Waals surface area contributed by atoms with E-state index >= 15 is 0 Å². The first-order chi connectivity index (χ1) is 14.1. The molecule has 0 aliphatic rings. The number of carbonyl (C=O) groups is 1. The summed E-state index contributed by atoms with van der Waals surface area (Å²) in [6, 6.07) is 3.21. The topological polar surface area (TPSA) is 89.2 Å². The SMILES string of the molecule is C=C/C=c1/c(-c2nc(C(=O)c3cc(OC)c(OC)c(OC)c3)c[nH]2)c[nH]/c1=C/C. The summed E-state index contributed by atoms with van der Waals surface area (Å²) in [4.78, 5) is 23.8. The van der Waals surface area contributed by atoms with Crippen LogP contribution in [0.25, 0.3) is 23.5 Å². The maximum Gasteiger partial charge on any atom is 0.213 e. The third-order valence-electron chi connectivity index (χ3n) is 4.52. The van der Waals surface area contributed by atoms with Gasteiger partial charge in [-0.05, 0) is 19.1 Å². The van der Waals surface area contributed by atoms with E-state index in [0.717, 1.165) is 16.1 Å². The molecule has 7 heteroatoms. The number of benzene rings is 1. The van der Waals surface area contributed by atoms with Crippen LogP contribution in [0.1, 0.15) is 23.0 Å². The third kappa shape index (κ3) is 3.67. The third-order valence-corrected chi connectivity index (χ3v) is 4.52. The zero-order chi connectivity index (χ0) is 21.0. The summed E-state index contributed by atoms with van der Waals surface area (Å²) in [5.74, 6) is 1.55. The minimum absolute atomic E-state index is 0.265. The number of hydrogen-bond donors (Lipinski definition) is 2. The second-order valence-electron chi connectivity index (χ2n) is 6.10. The predicted molar refractivity (Wildman–Crippen MR) is 112 cm³/mol. The second-order valence-corrected chi connectivity index (χ2v) is 6.10. The van der Waals surface area contributed by atoms with Crippen LogP contribution < -0.4 is 24.8 Å². The number of ketones is 1. The molecular weight excluding hydrogens is 370 g/mol. The molecule has 0 radical (unpaired) electrons. The Labute approximate surface area is 168 Å². The molecule has 0 aliphatic heterocycles. The van der Waals surface area contributed by atoms with Crippen LogP contribution in [-0.4, -0.2) is 42.1 Å². The van der Waals surface area contributed by atoms with Crippen LogP contribution in [0.2, 0.25) is 0 Å². The van der Waals surface area contributed by atoms with E-state index in [1.165, 1.54) is 21.3 Å². The lowest BCUT2D eigenvalue weighted by molar-refractivity contribution is 0.103. The van der Waals surface area contributed by atoms with Gasteiger partial charge in [0.1, 0.15) is 11.5 Å². The molecule has 0 saturated heterocycles. The molecule has 2 heterocycles. The molecule has 0 spiro atoms. The summed E-state index contributed by atoms with van der Waals surface area (Å²) in [6.07, 6.45) is 9.00. The van der Waals surface area contributed by atoms with Gasteiger partial charge in [-0.25, -0.2) is 4.98 Å². The van der Waals surface area contributed by atoms with Gasteiger partial charge in [0.2, 0.25) is 11.5 Å². The van der Waals surface area contributed by atoms with Crippen molar-refractivity contribution in [1.29, 1.82) is 0 Å². The number of hydrogen-bond acceptors (Lipinski definition) is 5. The summed E-state index contributed by atoms with van der Waals surface area (Å²) in [5, 5.41) is 1.90. The summed E-state index contributed by atoms with van der Waals surface area (Å²) in [7, 11) is 4.52. The fraction of sp³-hybridized carbons (Fsp3) is 0.182. The first-order valence-corrected chi connectivity index (χ1v) is 8.94. The lowest BCUT2D eigenvalue weighted by Crippen LogP contribution is -2.23. The van der Waals surface area contributed by atoms with Gasteiger partial charge in [0.05, 0.1) is 21.3 Å². The van der Waals surface area contributed by atoms with Crippen LogP contribution in [0.3, 0.4) is 0 Å². The normalized spacial score (nSPS) is 12.1. The van der Waals surface area contributed by atoms with Gasteiger partial charge in [-0.15, -0.1) is 0 Å². The van der Waals surface area contributed by atoms with Crippen LogP contribution in [0, 0.1) is 0 Å². The predicted octanol–water partition coefficient (Wildman–Crippen LogP) is 2.43. The molecule has 7 nitrogen and oxygen atoms in total. The van der Waals surface area contributed by atoms with Crippen LogP contribution in [-0.2, 0) is 0 Å². The maximum atomic E-state index is 13.0. The van der Waals surface area contributed by atoms with Crippen molar-refractivity contribution in [3.63, 3.8) is 0 Å². The van der Waals surface area contributed by atoms with E-state index in [0.29, 0.717) is 28.6 Å². The fourth-order valence-electron chi connectivity index (χ4n) is 3.12. The number of nitrogens with zero attached hydrogens (tertiary/aromatic N) is 1. The number of nitrogens with one attached hydrogen (secondary N) is 2. The van der Waals surface area contributed by atoms with E-state index in [4.69, 9.17) is 14.2 Å². The van der Waals surface area contributed by atoms with Gasteiger partial charge in [-0.2, -0.15) is 0 Å². The summed E-state index contributed by atoms with van der Waals surface area (Å²) < 4.78 is 16.0. The van der Waals surface area contributed by atoms with E-state index in [1.54, 1.807) is 24.4 Å². The van der Waals surface area contributed by atoms with Gasteiger partial charge in [0, 0.05) is 34.1 Å². The molecule has 3 aromatic rings. The van der Waals surface area contributed by atoms with Gasteiger partial charge in [-0.1, -0.05) is 24.8 Å². The highest BCUT2D eigenvalue weighted by atomic mass is 16.5. The highest BCUT2D eigenvalue weighted by molar-refractivity contribution is 6.08. The lowest BCUT2D eigenvalue weighted by Gasteiger charge is -2.13. The van der Waals surface area contributed by atoms with Crippen molar-refractivity contribution >= 4 is 17.9 Å². The van der Waals surface area contributed by atoms with Crippen molar-refractivity contribution in [3.05, 3.63) is 59.0 Å². The highest BCUT2D eigenvalue weighted by Crippen LogP contribution is 2.38. The quantitative estimate of drug-likeness (QED) is 0.602. The number of aromatic amines is 2. The Morgan fingerprint density at radius 2 is 1.76 bits per heavy atom. The molecule has 0 amide bonds. The van der Waals surface area contributed by atoms with Gasteiger partial charge < -0.3 is 24.2 Å². The van der Waals surface area contributed by atoms with Crippen LogP contribution >= 0.6 is 0 Å². The molecular formula is C22H23N3O4. The number of H-pyrrole nitrogens is 2. The Hall–Kier alpha value is -3.74. The molecule has 0 aliphatic carbocycles. The van der Waals surface area contributed by atoms with Crippen molar-refractivity contribution in [1.82, 2.24) is 15.0 Å². The molecule has 2 N–H and O–H groups in total. The number of ether oxygens (including phenoxy) is 3. The van der Waals surface area contributed by atoms with E-state index in [-0.39, 0.29) is 11.5 Å². The van der Waals surface area contributed by atoms with E-state index < -0.39 is 0 Å². The van der Waals surface area contributed by atoms with E-state index in [9.17, 15) is 4.79 Å². The summed E-state index contributed by atoms with van der Waals surface area (Å²) >= 11 is 0. The van der Waals surface area contributed by atoms with Crippen molar-refractivity contribution in [2.45, 2.75) is 6.92 Å². The smallest absolute Gasteiger partial charge is 0.213 e. The second kappa shape index (κ2) is 8.52. The lowest BCUT2D eigenvalue weighted by atomic mass is 10.1. The molecule has 29 heavy (non-hydrogen) atoms. The van der Waals surface area contributed by atoms with Gasteiger partial charge >= 0.3 is 0 Å². The number of methoxy groups -OCH3 is 3. The molecule has 2 aromatic heterocycles. The van der Waals surface area contributed by atoms with Gasteiger partial charge in [0.25, 0.3) is 0 Å². The van der Waals surface area contributed by atoms with Gasteiger partial charge in [-0.3, -0.25) is 4.79 Å². The molecule has 0 bridgehead atoms. The average molecular weight is 393 g/mol. The molecule has 0 fully saturated rings. The minimum atomic E-state index is -0.265. The standard InChI is InChI=1S/C22H23N3O4/c1-6-8-14-15(11-23-16(14)7-2)22-24-12-17(25-22)20(26)13-9-18(27-3)21(29-5)19(10-13)28-4/h6-12,23H,1H2,2-5H3,(H,24,25)/b14-8-,16-7+. The Balaban J connectivity index is 2.04. The monoisotopic (exact) mass is 393 g/mol. The van der Waals surface area contributed by atoms with E-state index in [1.807, 2.05) is 25.3 Å². The largest absolute Gasteiger partial charge is 0.493 e. The number of allylic oxidation sites excluding steroid dienone is 1. The molecule has 3 rings (SSSR count). The van der Waals surface area contributed by atoms with Gasteiger partial charge in [0.15, 0.2) is 11.5 Å². The Kier molecular flexibility index (Phi) is 5.87. The van der Waals surface area contributed by atoms with Crippen LogP contribution in [0.4, 0.5) is 0 Å². The van der Waals surface area contributed by atoms with Crippen LogP contribution in [0.5, 0.6) is 17.2 Å². The Morgan fingerprint density at radius 3 is 2.31 bits per heavy atom. The number of aromatic nitrogens is 3. The molecule has 0 atom stereocenters. The zero-order valence-corrected chi connectivity index (χ0v) is 16.8. The first-order valence-electron chi connectivity index (χ1n) is 8.94. The maximum absolute atomic E-state index is 13.0. The fourth-order valence-corrected chi connectivity index (χ4v) is 3.12. The summed E-state index contributed by atoms with van der Waals surface area (Å²) in [5.41, 5.74) is 1.51. The molecule has 1 aromatic carbocycles. The average Bonchev–Trinajstić information content (AvgIpc) is 3.39. The van der Waals surface area contributed by atoms with Crippen molar-refractivity contribution in [2.24, 2.45) is 0 Å². The Morgan fingerprint density at radius 1 is 1.07 bits per heavy atom. The van der Waals surface area contributed by atoms with Crippen molar-refractivity contribution in [3.8, 4) is 28.6 Å². The number of carbonyl (C=O) groups excluding carboxylic acids is 1. The number of rotatable bonds is 7. The highest BCUT2D eigenvalue weighted by Gasteiger charge is 2.20. The van der Waals surface area contributed by atoms with Crippen molar-refractivity contribution < 1.29 is 19.0 Å². The number of imidazole rings is 1. The van der Waals surface area contributed by atoms with E-state index in [2.05, 4.69) is 21.5 Å². The van der Waals surface area contributed by atoms with Crippen molar-refractivity contribution in [2.75, 3.05) is 21.3 Å². The zero-order valence-electron chi connectivity index (χ0n) is 16.8. The minimum Gasteiger partial charge on any atom is -0.493 e. The molecule has 150 valence electrons. The Bertz CT molecular complexity index is 1150.